The van der Waals surface area contributed by atoms with Gasteiger partial charge < -0.3 is 14.2 Å². The smallest absolute Gasteiger partial charge is 0.123 e. The van der Waals surface area contributed by atoms with Crippen LogP contribution >= 0.6 is 0 Å². The molecule has 0 amide bonds. The maximum Gasteiger partial charge on any atom is 0.123 e. The molecular formula is C21H23FN2O. The third-order valence-electron chi connectivity index (χ3n) is 4.16. The molecule has 0 saturated heterocycles. The van der Waals surface area contributed by atoms with Crippen LogP contribution in [0.2, 0.25) is 0 Å². The Hall–Kier alpha value is -2.59. The van der Waals surface area contributed by atoms with E-state index in [2.05, 4.69) is 18.5 Å². The number of fused-ring (bicyclic) bond motifs is 1. The van der Waals surface area contributed by atoms with Crippen LogP contribution in [-0.4, -0.2) is 36.2 Å². The third-order valence-corrected chi connectivity index (χ3v) is 4.16. The molecule has 2 aromatic carbocycles. The summed E-state index contributed by atoms with van der Waals surface area (Å²) in [7, 11) is 2.08. The van der Waals surface area contributed by atoms with Crippen LogP contribution < -0.4 is 4.74 Å². The summed E-state index contributed by atoms with van der Waals surface area (Å²) in [6.07, 6.45) is 4.87. The zero-order valence-corrected chi connectivity index (χ0v) is 14.5. The SMILES string of the molecule is C=CCN(C)CCCOc1ccc2c(ccn2-c2ccc(F)cc2)c1. The van der Waals surface area contributed by atoms with Crippen LogP contribution in [0, 0.1) is 5.82 Å². The van der Waals surface area contributed by atoms with Gasteiger partial charge in [-0.15, -0.1) is 6.58 Å². The zero-order chi connectivity index (χ0) is 17.6. The fourth-order valence-electron chi connectivity index (χ4n) is 2.87. The molecule has 25 heavy (non-hydrogen) atoms. The van der Waals surface area contributed by atoms with E-state index in [1.165, 1.54) is 12.1 Å². The first-order valence-corrected chi connectivity index (χ1v) is 8.46. The van der Waals surface area contributed by atoms with Gasteiger partial charge in [0.05, 0.1) is 12.1 Å². The van der Waals surface area contributed by atoms with Crippen molar-refractivity contribution in [2.75, 3.05) is 26.7 Å². The van der Waals surface area contributed by atoms with Gasteiger partial charge in [0.25, 0.3) is 0 Å². The number of likely N-dealkylation sites (N-methyl/N-ethyl adjacent to an activating group) is 1. The molecule has 0 unspecified atom stereocenters. The van der Waals surface area contributed by atoms with E-state index in [1.807, 2.05) is 41.1 Å². The summed E-state index contributed by atoms with van der Waals surface area (Å²) in [4.78, 5) is 2.21. The van der Waals surface area contributed by atoms with Crippen molar-refractivity contribution in [2.24, 2.45) is 0 Å². The van der Waals surface area contributed by atoms with Crippen molar-refractivity contribution in [3.63, 3.8) is 0 Å². The number of halogens is 1. The first kappa shape index (κ1) is 17.2. The minimum Gasteiger partial charge on any atom is -0.494 e. The van der Waals surface area contributed by atoms with Crippen molar-refractivity contribution in [1.82, 2.24) is 9.47 Å². The summed E-state index contributed by atoms with van der Waals surface area (Å²) >= 11 is 0. The molecule has 0 spiro atoms. The predicted molar refractivity (Wildman–Crippen MR) is 101 cm³/mol. The molecule has 4 heteroatoms. The van der Waals surface area contributed by atoms with Crippen LogP contribution in [0.15, 0.2) is 67.4 Å². The Labute approximate surface area is 147 Å². The maximum atomic E-state index is 13.1. The fourth-order valence-corrected chi connectivity index (χ4v) is 2.87. The van der Waals surface area contributed by atoms with Crippen molar-refractivity contribution in [2.45, 2.75) is 6.42 Å². The van der Waals surface area contributed by atoms with Crippen LogP contribution in [0.3, 0.4) is 0 Å². The minimum atomic E-state index is -0.227. The van der Waals surface area contributed by atoms with Gasteiger partial charge in [-0.25, -0.2) is 4.39 Å². The Morgan fingerprint density at radius 3 is 2.72 bits per heavy atom. The van der Waals surface area contributed by atoms with Crippen LogP contribution in [-0.2, 0) is 0 Å². The van der Waals surface area contributed by atoms with Crippen molar-refractivity contribution in [3.8, 4) is 11.4 Å². The molecule has 3 rings (SSSR count). The second-order valence-electron chi connectivity index (χ2n) is 6.14. The number of aromatic nitrogens is 1. The summed E-state index contributed by atoms with van der Waals surface area (Å²) in [5, 5.41) is 1.10. The molecule has 0 fully saturated rings. The van der Waals surface area contributed by atoms with Crippen LogP contribution in [0.25, 0.3) is 16.6 Å². The number of hydrogen-bond acceptors (Lipinski definition) is 2. The molecule has 1 heterocycles. The van der Waals surface area contributed by atoms with Crippen molar-refractivity contribution >= 4 is 10.9 Å². The normalized spacial score (nSPS) is 11.2. The van der Waals surface area contributed by atoms with E-state index in [4.69, 9.17) is 4.74 Å². The van der Waals surface area contributed by atoms with Gasteiger partial charge in [0, 0.05) is 30.4 Å². The van der Waals surface area contributed by atoms with Crippen molar-refractivity contribution in [3.05, 3.63) is 73.2 Å². The highest BCUT2D eigenvalue weighted by Gasteiger charge is 2.05. The molecule has 1 aromatic heterocycles. The highest BCUT2D eigenvalue weighted by atomic mass is 19.1. The van der Waals surface area contributed by atoms with Gasteiger partial charge >= 0.3 is 0 Å². The first-order chi connectivity index (χ1) is 12.2. The van der Waals surface area contributed by atoms with Crippen LogP contribution in [0.4, 0.5) is 4.39 Å². The Bertz CT molecular complexity index is 839. The number of ether oxygens (including phenoxy) is 1. The minimum absolute atomic E-state index is 0.227. The van der Waals surface area contributed by atoms with E-state index in [0.717, 1.165) is 41.9 Å². The fraction of sp³-hybridized carbons (Fsp3) is 0.238. The topological polar surface area (TPSA) is 17.4 Å². The van der Waals surface area contributed by atoms with Gasteiger partial charge in [0.1, 0.15) is 11.6 Å². The van der Waals surface area contributed by atoms with E-state index in [1.54, 1.807) is 12.1 Å². The number of rotatable bonds is 8. The van der Waals surface area contributed by atoms with Gasteiger partial charge in [-0.05, 0) is 62.0 Å². The van der Waals surface area contributed by atoms with Crippen LogP contribution in [0.1, 0.15) is 6.42 Å². The molecule has 0 radical (unpaired) electrons. The maximum absolute atomic E-state index is 13.1. The number of nitrogens with zero attached hydrogens (tertiary/aromatic N) is 2. The summed E-state index contributed by atoms with van der Waals surface area (Å²) in [6.45, 7) is 6.30. The Morgan fingerprint density at radius 1 is 1.16 bits per heavy atom. The van der Waals surface area contributed by atoms with Gasteiger partial charge in [0.2, 0.25) is 0 Å². The van der Waals surface area contributed by atoms with Crippen molar-refractivity contribution in [1.29, 1.82) is 0 Å². The molecule has 0 saturated carbocycles. The second-order valence-corrected chi connectivity index (χ2v) is 6.14. The highest BCUT2D eigenvalue weighted by Crippen LogP contribution is 2.25. The van der Waals surface area contributed by atoms with E-state index in [9.17, 15) is 4.39 Å². The summed E-state index contributed by atoms with van der Waals surface area (Å²) in [6, 6.07) is 14.6. The third kappa shape index (κ3) is 4.28. The molecule has 3 aromatic rings. The average Bonchev–Trinajstić information content (AvgIpc) is 3.03. The van der Waals surface area contributed by atoms with E-state index in [0.29, 0.717) is 6.61 Å². The molecule has 0 aliphatic rings. The lowest BCUT2D eigenvalue weighted by molar-refractivity contribution is 0.273. The van der Waals surface area contributed by atoms with Gasteiger partial charge in [-0.1, -0.05) is 6.08 Å². The molecule has 0 atom stereocenters. The molecule has 0 aliphatic heterocycles. The quantitative estimate of drug-likeness (QED) is 0.439. The van der Waals surface area contributed by atoms with Crippen LogP contribution in [0.5, 0.6) is 5.75 Å². The lowest BCUT2D eigenvalue weighted by Gasteiger charge is -2.14. The summed E-state index contributed by atoms with van der Waals surface area (Å²) in [5.41, 5.74) is 2.01. The second kappa shape index (κ2) is 7.99. The zero-order valence-electron chi connectivity index (χ0n) is 14.5. The Balaban J connectivity index is 1.65. The standard InChI is InChI=1S/C21H23FN2O/c1-3-12-23(2)13-4-15-25-20-9-10-21-17(16-20)11-14-24(21)19-7-5-18(22)6-8-19/h3,5-11,14,16H,1,4,12-13,15H2,2H3. The predicted octanol–water partition coefficient (Wildman–Crippen LogP) is 4.66. The number of hydrogen-bond donors (Lipinski definition) is 0. The van der Waals surface area contributed by atoms with Gasteiger partial charge in [-0.2, -0.15) is 0 Å². The monoisotopic (exact) mass is 338 g/mol. The lowest BCUT2D eigenvalue weighted by atomic mass is 10.2. The molecule has 3 nitrogen and oxygen atoms in total. The van der Waals surface area contributed by atoms with Gasteiger partial charge in [-0.3, -0.25) is 0 Å². The van der Waals surface area contributed by atoms with E-state index in [-0.39, 0.29) is 5.82 Å². The molecule has 0 aliphatic carbocycles. The van der Waals surface area contributed by atoms with E-state index >= 15 is 0 Å². The van der Waals surface area contributed by atoms with Gasteiger partial charge in [0.15, 0.2) is 0 Å². The van der Waals surface area contributed by atoms with E-state index < -0.39 is 0 Å². The number of benzene rings is 2. The Morgan fingerprint density at radius 2 is 1.96 bits per heavy atom. The molecular weight excluding hydrogens is 315 g/mol. The Kier molecular flexibility index (Phi) is 5.51. The summed E-state index contributed by atoms with van der Waals surface area (Å²) in [5.74, 6) is 0.644. The molecule has 0 N–H and O–H groups in total. The molecule has 130 valence electrons. The first-order valence-electron chi connectivity index (χ1n) is 8.46. The lowest BCUT2D eigenvalue weighted by Crippen LogP contribution is -2.21. The summed E-state index contributed by atoms with van der Waals surface area (Å²) < 4.78 is 21.0. The average molecular weight is 338 g/mol. The largest absolute Gasteiger partial charge is 0.494 e. The van der Waals surface area contributed by atoms with Crippen molar-refractivity contribution < 1.29 is 9.13 Å². The molecule has 0 bridgehead atoms. The highest BCUT2D eigenvalue weighted by molar-refractivity contribution is 5.83.